The lowest BCUT2D eigenvalue weighted by Gasteiger charge is -2.14. The number of nitrogens with zero attached hydrogens (tertiary/aromatic N) is 1. The van der Waals surface area contributed by atoms with Crippen molar-refractivity contribution in [2.45, 2.75) is 24.8 Å². The first-order valence-corrected chi connectivity index (χ1v) is 11.9. The molecule has 0 aliphatic carbocycles. The van der Waals surface area contributed by atoms with Crippen LogP contribution < -0.4 is 10.0 Å². The molecule has 1 atom stereocenters. The molecule has 3 rings (SSSR count). The summed E-state index contributed by atoms with van der Waals surface area (Å²) in [5.74, 6) is -2.03. The van der Waals surface area contributed by atoms with Crippen molar-refractivity contribution in [3.8, 4) is 6.07 Å². The van der Waals surface area contributed by atoms with Gasteiger partial charge in [0.05, 0.1) is 16.0 Å². The average Bonchev–Trinajstić information content (AvgIpc) is 3.22. The first kappa shape index (κ1) is 23.9. The van der Waals surface area contributed by atoms with Gasteiger partial charge in [0.15, 0.2) is 6.10 Å². The monoisotopic (exact) mass is 487 g/mol. The minimum Gasteiger partial charge on any atom is -0.449 e. The summed E-state index contributed by atoms with van der Waals surface area (Å²) in [7, 11) is -4.04. The van der Waals surface area contributed by atoms with E-state index < -0.39 is 33.8 Å². The number of nitrogens with one attached hydrogen (secondary N) is 2. The number of thiophene rings is 1. The second-order valence-electron chi connectivity index (χ2n) is 6.86. The number of nitriles is 1. The molecule has 0 radical (unpaired) electrons. The summed E-state index contributed by atoms with van der Waals surface area (Å²) >= 11 is 1.17. The van der Waals surface area contributed by atoms with Gasteiger partial charge in [-0.25, -0.2) is 17.6 Å². The Morgan fingerprint density at radius 3 is 2.52 bits per heavy atom. The second kappa shape index (κ2) is 9.81. The van der Waals surface area contributed by atoms with Crippen LogP contribution in [-0.4, -0.2) is 26.4 Å². The summed E-state index contributed by atoms with van der Waals surface area (Å²) in [6, 6.07) is 12.6. The normalized spacial score (nSPS) is 11.8. The number of carbonyl (C=O) groups excluding carboxylic acids is 2. The zero-order valence-corrected chi connectivity index (χ0v) is 19.1. The van der Waals surface area contributed by atoms with Gasteiger partial charge in [-0.05, 0) is 61.7 Å². The lowest BCUT2D eigenvalue weighted by molar-refractivity contribution is -0.123. The molecular weight excluding hydrogens is 469 g/mol. The van der Waals surface area contributed by atoms with Gasteiger partial charge in [0.1, 0.15) is 16.9 Å². The van der Waals surface area contributed by atoms with Gasteiger partial charge < -0.3 is 10.1 Å². The fourth-order valence-electron chi connectivity index (χ4n) is 2.75. The van der Waals surface area contributed by atoms with E-state index in [9.17, 15) is 22.4 Å². The molecule has 0 fully saturated rings. The number of hydrogen-bond acceptors (Lipinski definition) is 7. The summed E-state index contributed by atoms with van der Waals surface area (Å²) in [6.45, 7) is 2.75. The van der Waals surface area contributed by atoms with Gasteiger partial charge in [0.2, 0.25) is 0 Å². The van der Waals surface area contributed by atoms with Gasteiger partial charge in [-0.2, -0.15) is 5.26 Å². The number of carbonyl (C=O) groups is 2. The third-order valence-corrected chi connectivity index (χ3v) is 6.91. The van der Waals surface area contributed by atoms with Crippen LogP contribution >= 0.6 is 11.3 Å². The zero-order chi connectivity index (χ0) is 24.2. The van der Waals surface area contributed by atoms with E-state index in [2.05, 4.69) is 10.0 Å². The lowest BCUT2D eigenvalue weighted by atomic mass is 10.2. The summed E-state index contributed by atoms with van der Waals surface area (Å²) in [5.41, 5.74) is 0.538. The largest absolute Gasteiger partial charge is 0.449 e. The van der Waals surface area contributed by atoms with Crippen LogP contribution in [0.4, 0.5) is 15.1 Å². The molecule has 1 unspecified atom stereocenters. The fraction of sp³-hybridized carbons (Fsp3) is 0.136. The highest BCUT2D eigenvalue weighted by Crippen LogP contribution is 2.23. The Labute approximate surface area is 193 Å². The number of rotatable bonds is 7. The van der Waals surface area contributed by atoms with Crippen molar-refractivity contribution < 1.29 is 27.1 Å². The number of halogens is 1. The Hall–Kier alpha value is -3.75. The van der Waals surface area contributed by atoms with E-state index in [0.717, 1.165) is 0 Å². The van der Waals surface area contributed by atoms with Gasteiger partial charge in [0.25, 0.3) is 15.9 Å². The maximum Gasteiger partial charge on any atom is 0.338 e. The van der Waals surface area contributed by atoms with Gasteiger partial charge in [-0.1, -0.05) is 6.07 Å². The Kier molecular flexibility index (Phi) is 7.10. The predicted molar refractivity (Wildman–Crippen MR) is 121 cm³/mol. The standard InChI is InChI=1S/C22H18FN3O5S2/c1-13-18(23)4-3-5-19(13)33(29,30)26-17-8-6-15(7-9-17)22(28)31-14(2)20(27)25-21-16(12-24)10-11-32-21/h3-11,14,26H,1-2H3,(H,25,27). The van der Waals surface area contributed by atoms with Crippen LogP contribution in [0.2, 0.25) is 0 Å². The summed E-state index contributed by atoms with van der Waals surface area (Å²) < 4.78 is 46.3. The van der Waals surface area contributed by atoms with Gasteiger partial charge in [-0.15, -0.1) is 11.3 Å². The predicted octanol–water partition coefficient (Wildman–Crippen LogP) is 4.05. The molecule has 2 N–H and O–H groups in total. The van der Waals surface area contributed by atoms with Crippen LogP contribution in [0.1, 0.15) is 28.4 Å². The van der Waals surface area contributed by atoms with Crippen LogP contribution in [0.15, 0.2) is 58.8 Å². The highest BCUT2D eigenvalue weighted by Gasteiger charge is 2.22. The van der Waals surface area contributed by atoms with Crippen molar-refractivity contribution in [2.75, 3.05) is 10.0 Å². The summed E-state index contributed by atoms with van der Waals surface area (Å²) in [5, 5.41) is 13.5. The third-order valence-electron chi connectivity index (χ3n) is 4.56. The second-order valence-corrected chi connectivity index (χ2v) is 9.42. The number of ether oxygens (including phenoxy) is 1. The molecule has 170 valence electrons. The van der Waals surface area contributed by atoms with E-state index in [1.165, 1.54) is 67.6 Å². The summed E-state index contributed by atoms with van der Waals surface area (Å²) in [6.07, 6.45) is -1.14. The number of hydrogen-bond donors (Lipinski definition) is 2. The molecule has 1 heterocycles. The minimum absolute atomic E-state index is 0.0121. The topological polar surface area (TPSA) is 125 Å². The average molecular weight is 488 g/mol. The minimum atomic E-state index is -4.04. The summed E-state index contributed by atoms with van der Waals surface area (Å²) in [4.78, 5) is 24.4. The quantitative estimate of drug-likeness (QED) is 0.484. The number of sulfonamides is 1. The Morgan fingerprint density at radius 1 is 1.15 bits per heavy atom. The van der Waals surface area contributed by atoms with Crippen LogP contribution in [0.5, 0.6) is 0 Å². The van der Waals surface area contributed by atoms with Crippen LogP contribution in [0, 0.1) is 24.1 Å². The van der Waals surface area contributed by atoms with E-state index in [-0.39, 0.29) is 21.7 Å². The molecule has 8 nitrogen and oxygen atoms in total. The Balaban J connectivity index is 1.64. The van der Waals surface area contributed by atoms with Crippen molar-refractivity contribution in [3.05, 3.63) is 76.4 Å². The van der Waals surface area contributed by atoms with Gasteiger partial charge in [0, 0.05) is 11.3 Å². The number of anilines is 2. The molecule has 0 bridgehead atoms. The van der Waals surface area contributed by atoms with Crippen molar-refractivity contribution in [1.82, 2.24) is 0 Å². The smallest absolute Gasteiger partial charge is 0.338 e. The van der Waals surface area contributed by atoms with Crippen molar-refractivity contribution in [3.63, 3.8) is 0 Å². The number of esters is 1. The molecule has 33 heavy (non-hydrogen) atoms. The van der Waals surface area contributed by atoms with E-state index in [4.69, 9.17) is 10.00 Å². The molecule has 0 saturated carbocycles. The van der Waals surface area contributed by atoms with Crippen LogP contribution in [0.3, 0.4) is 0 Å². The molecule has 11 heteroatoms. The number of amides is 1. The van der Waals surface area contributed by atoms with Crippen molar-refractivity contribution >= 4 is 43.9 Å². The van der Waals surface area contributed by atoms with Gasteiger partial charge >= 0.3 is 5.97 Å². The molecule has 2 aromatic carbocycles. The SMILES string of the molecule is Cc1c(F)cccc1S(=O)(=O)Nc1ccc(C(=O)OC(C)C(=O)Nc2sccc2C#N)cc1. The molecule has 1 amide bonds. The molecule has 0 spiro atoms. The molecule has 1 aromatic heterocycles. The molecule has 3 aromatic rings. The molecule has 0 saturated heterocycles. The third kappa shape index (κ3) is 5.54. The maximum atomic E-state index is 13.7. The molecule has 0 aliphatic rings. The fourth-order valence-corrected chi connectivity index (χ4v) is 4.81. The highest BCUT2D eigenvalue weighted by atomic mass is 32.2. The Bertz CT molecular complexity index is 1350. The van der Waals surface area contributed by atoms with E-state index in [0.29, 0.717) is 10.6 Å². The number of benzene rings is 2. The van der Waals surface area contributed by atoms with E-state index >= 15 is 0 Å². The highest BCUT2D eigenvalue weighted by molar-refractivity contribution is 7.92. The van der Waals surface area contributed by atoms with Crippen LogP contribution in [0.25, 0.3) is 0 Å². The zero-order valence-electron chi connectivity index (χ0n) is 17.5. The van der Waals surface area contributed by atoms with E-state index in [1.54, 1.807) is 11.4 Å². The van der Waals surface area contributed by atoms with Crippen molar-refractivity contribution in [2.24, 2.45) is 0 Å². The van der Waals surface area contributed by atoms with E-state index in [1.807, 2.05) is 6.07 Å². The van der Waals surface area contributed by atoms with Crippen LogP contribution in [-0.2, 0) is 19.6 Å². The Morgan fingerprint density at radius 2 is 1.85 bits per heavy atom. The maximum absolute atomic E-state index is 13.7. The lowest BCUT2D eigenvalue weighted by Crippen LogP contribution is -2.29. The first-order valence-electron chi connectivity index (χ1n) is 9.50. The van der Waals surface area contributed by atoms with Gasteiger partial charge in [-0.3, -0.25) is 9.52 Å². The molecular formula is C22H18FN3O5S2. The van der Waals surface area contributed by atoms with Crippen molar-refractivity contribution in [1.29, 1.82) is 5.26 Å². The first-order chi connectivity index (χ1) is 15.6. The molecule has 0 aliphatic heterocycles.